The lowest BCUT2D eigenvalue weighted by molar-refractivity contribution is 0.306. The summed E-state index contributed by atoms with van der Waals surface area (Å²) in [5, 5.41) is 3.47. The molecule has 86 valence electrons. The van der Waals surface area contributed by atoms with E-state index in [1.165, 1.54) is 0 Å². The van der Waals surface area contributed by atoms with E-state index in [2.05, 4.69) is 33.4 Å². The highest BCUT2D eigenvalue weighted by atomic mass is 79.9. The molecule has 3 heteroatoms. The second-order valence-electron chi connectivity index (χ2n) is 3.90. The Labute approximate surface area is 105 Å². The molecule has 0 bridgehead atoms. The molecule has 1 aromatic rings. The van der Waals surface area contributed by atoms with Crippen molar-refractivity contribution in [2.75, 3.05) is 13.2 Å². The van der Waals surface area contributed by atoms with E-state index in [0.29, 0.717) is 12.6 Å². The summed E-state index contributed by atoms with van der Waals surface area (Å²) in [6.07, 6.45) is 6.76. The van der Waals surface area contributed by atoms with E-state index >= 15 is 0 Å². The number of ether oxygens (including phenoxy) is 1. The lowest BCUT2D eigenvalue weighted by Gasteiger charge is -2.12. The van der Waals surface area contributed by atoms with Gasteiger partial charge in [-0.15, -0.1) is 0 Å². The Morgan fingerprint density at radius 2 is 2.12 bits per heavy atom. The fraction of sp³-hybridized carbons (Fsp3) is 0.385. The summed E-state index contributed by atoms with van der Waals surface area (Å²) in [6.45, 7) is 1.62. The topological polar surface area (TPSA) is 21.3 Å². The first kappa shape index (κ1) is 11.7. The highest BCUT2D eigenvalue weighted by molar-refractivity contribution is 9.10. The van der Waals surface area contributed by atoms with Gasteiger partial charge in [-0.3, -0.25) is 0 Å². The van der Waals surface area contributed by atoms with Crippen LogP contribution < -0.4 is 10.1 Å². The predicted molar refractivity (Wildman–Crippen MR) is 69.8 cm³/mol. The smallest absolute Gasteiger partial charge is 0.120 e. The Morgan fingerprint density at radius 3 is 2.88 bits per heavy atom. The maximum absolute atomic E-state index is 5.63. The van der Waals surface area contributed by atoms with Crippen molar-refractivity contribution in [1.29, 1.82) is 0 Å². The van der Waals surface area contributed by atoms with Crippen molar-refractivity contribution in [2.45, 2.75) is 18.9 Å². The van der Waals surface area contributed by atoms with Gasteiger partial charge in [0.1, 0.15) is 12.4 Å². The number of hydrogen-bond donors (Lipinski definition) is 1. The molecule has 2 nitrogen and oxygen atoms in total. The van der Waals surface area contributed by atoms with Crippen LogP contribution >= 0.6 is 15.9 Å². The molecule has 1 N–H and O–H groups in total. The summed E-state index contributed by atoms with van der Waals surface area (Å²) in [5.41, 5.74) is 0. The molecule has 0 saturated carbocycles. The first-order valence-corrected chi connectivity index (χ1v) is 6.40. The lowest BCUT2D eigenvalue weighted by atomic mass is 10.2. The van der Waals surface area contributed by atoms with Gasteiger partial charge < -0.3 is 10.1 Å². The number of hydrogen-bond acceptors (Lipinski definition) is 2. The standard InChI is InChI=1S/C13H16BrNO/c14-11-4-3-7-13(10-11)16-9-8-15-12-5-1-2-6-12/h1-4,7,10,12,15H,5-6,8-9H2. The van der Waals surface area contributed by atoms with Gasteiger partial charge in [-0.2, -0.15) is 0 Å². The van der Waals surface area contributed by atoms with Crippen molar-refractivity contribution >= 4 is 15.9 Å². The number of benzene rings is 1. The third kappa shape index (κ3) is 3.65. The predicted octanol–water partition coefficient (Wildman–Crippen LogP) is 3.14. The van der Waals surface area contributed by atoms with Crippen LogP contribution in [0, 0.1) is 0 Å². The minimum Gasteiger partial charge on any atom is -0.492 e. The minimum absolute atomic E-state index is 0.617. The van der Waals surface area contributed by atoms with E-state index in [9.17, 15) is 0 Å². The van der Waals surface area contributed by atoms with Crippen LogP contribution in [0.4, 0.5) is 0 Å². The highest BCUT2D eigenvalue weighted by Crippen LogP contribution is 2.17. The first-order valence-electron chi connectivity index (χ1n) is 5.61. The van der Waals surface area contributed by atoms with E-state index < -0.39 is 0 Å². The molecule has 0 radical (unpaired) electrons. The van der Waals surface area contributed by atoms with Crippen LogP contribution in [-0.2, 0) is 0 Å². The molecule has 1 aliphatic rings. The van der Waals surface area contributed by atoms with Crippen LogP contribution in [0.2, 0.25) is 0 Å². The molecular weight excluding hydrogens is 266 g/mol. The Kier molecular flexibility index (Phi) is 4.43. The van der Waals surface area contributed by atoms with Crippen LogP contribution in [0.25, 0.3) is 0 Å². The SMILES string of the molecule is Brc1cccc(OCCNC2CC=CC2)c1. The fourth-order valence-corrected chi connectivity index (χ4v) is 2.15. The van der Waals surface area contributed by atoms with Crippen molar-refractivity contribution in [3.05, 3.63) is 40.9 Å². The van der Waals surface area contributed by atoms with Crippen LogP contribution in [0.1, 0.15) is 12.8 Å². The van der Waals surface area contributed by atoms with Gasteiger partial charge in [0.15, 0.2) is 0 Å². The largest absolute Gasteiger partial charge is 0.492 e. The van der Waals surface area contributed by atoms with Crippen LogP contribution in [0.3, 0.4) is 0 Å². The molecule has 2 rings (SSSR count). The Morgan fingerprint density at radius 1 is 1.31 bits per heavy atom. The highest BCUT2D eigenvalue weighted by Gasteiger charge is 2.07. The lowest BCUT2D eigenvalue weighted by Crippen LogP contribution is -2.30. The van der Waals surface area contributed by atoms with Gasteiger partial charge in [-0.25, -0.2) is 0 Å². The van der Waals surface area contributed by atoms with Crippen LogP contribution in [0.15, 0.2) is 40.9 Å². The third-order valence-corrected chi connectivity index (χ3v) is 3.10. The second kappa shape index (κ2) is 6.06. The molecule has 0 amide bonds. The molecule has 0 unspecified atom stereocenters. The van der Waals surface area contributed by atoms with Gasteiger partial charge in [-0.1, -0.05) is 34.1 Å². The van der Waals surface area contributed by atoms with E-state index in [4.69, 9.17) is 4.74 Å². The van der Waals surface area contributed by atoms with Crippen LogP contribution in [-0.4, -0.2) is 19.2 Å². The Hall–Kier alpha value is -0.800. The van der Waals surface area contributed by atoms with Crippen molar-refractivity contribution in [2.24, 2.45) is 0 Å². The van der Waals surface area contributed by atoms with Crippen LogP contribution in [0.5, 0.6) is 5.75 Å². The molecule has 0 fully saturated rings. The number of rotatable bonds is 5. The summed E-state index contributed by atoms with van der Waals surface area (Å²) in [6, 6.07) is 8.55. The average Bonchev–Trinajstić information content (AvgIpc) is 2.77. The zero-order chi connectivity index (χ0) is 11.2. The van der Waals surface area contributed by atoms with Gasteiger partial charge >= 0.3 is 0 Å². The maximum atomic E-state index is 5.63. The average molecular weight is 282 g/mol. The van der Waals surface area contributed by atoms with E-state index in [0.717, 1.165) is 29.6 Å². The minimum atomic E-state index is 0.617. The normalized spacial score (nSPS) is 15.6. The van der Waals surface area contributed by atoms with Gasteiger partial charge in [0.2, 0.25) is 0 Å². The summed E-state index contributed by atoms with van der Waals surface area (Å²) in [7, 11) is 0. The van der Waals surface area contributed by atoms with E-state index in [1.807, 2.05) is 24.3 Å². The third-order valence-electron chi connectivity index (χ3n) is 2.61. The molecule has 16 heavy (non-hydrogen) atoms. The van der Waals surface area contributed by atoms with Gasteiger partial charge in [0, 0.05) is 17.1 Å². The van der Waals surface area contributed by atoms with Gasteiger partial charge in [-0.05, 0) is 31.0 Å². The van der Waals surface area contributed by atoms with Crippen molar-refractivity contribution < 1.29 is 4.74 Å². The molecule has 0 heterocycles. The zero-order valence-corrected chi connectivity index (χ0v) is 10.7. The summed E-state index contributed by atoms with van der Waals surface area (Å²) >= 11 is 3.42. The van der Waals surface area contributed by atoms with Crippen molar-refractivity contribution in [3.8, 4) is 5.75 Å². The molecule has 0 aliphatic heterocycles. The Bertz CT molecular complexity index is 357. The van der Waals surface area contributed by atoms with Crippen molar-refractivity contribution in [1.82, 2.24) is 5.32 Å². The molecular formula is C13H16BrNO. The van der Waals surface area contributed by atoms with Gasteiger partial charge in [0.25, 0.3) is 0 Å². The molecule has 1 aromatic carbocycles. The molecule has 0 saturated heterocycles. The van der Waals surface area contributed by atoms with E-state index in [1.54, 1.807) is 0 Å². The second-order valence-corrected chi connectivity index (χ2v) is 4.82. The zero-order valence-electron chi connectivity index (χ0n) is 9.16. The maximum Gasteiger partial charge on any atom is 0.120 e. The molecule has 0 aromatic heterocycles. The van der Waals surface area contributed by atoms with Crippen molar-refractivity contribution in [3.63, 3.8) is 0 Å². The van der Waals surface area contributed by atoms with E-state index in [-0.39, 0.29) is 0 Å². The van der Waals surface area contributed by atoms with Gasteiger partial charge in [0.05, 0.1) is 0 Å². The summed E-state index contributed by atoms with van der Waals surface area (Å²) in [4.78, 5) is 0. The number of halogens is 1. The summed E-state index contributed by atoms with van der Waals surface area (Å²) in [5.74, 6) is 0.917. The molecule has 1 aliphatic carbocycles. The fourth-order valence-electron chi connectivity index (χ4n) is 1.77. The molecule has 0 atom stereocenters. The molecule has 0 spiro atoms. The summed E-state index contributed by atoms with van der Waals surface area (Å²) < 4.78 is 6.69. The number of nitrogens with one attached hydrogen (secondary N) is 1. The monoisotopic (exact) mass is 281 g/mol. The quantitative estimate of drug-likeness (QED) is 0.661. The first-order chi connectivity index (χ1) is 7.84. The Balaban J connectivity index is 1.64.